The minimum Gasteiger partial charge on any atom is -0.493 e. The highest BCUT2D eigenvalue weighted by Gasteiger charge is 2.53. The normalized spacial score (nSPS) is 26.0. The van der Waals surface area contributed by atoms with Gasteiger partial charge in [-0.1, -0.05) is 37.6 Å². The van der Waals surface area contributed by atoms with Crippen molar-refractivity contribution in [1.82, 2.24) is 9.88 Å². The molecule has 0 unspecified atom stereocenters. The van der Waals surface area contributed by atoms with Crippen LogP contribution in [0.3, 0.4) is 0 Å². The molecule has 2 aliphatic carbocycles. The van der Waals surface area contributed by atoms with E-state index in [0.717, 1.165) is 48.4 Å². The number of aryl methyl sites for hydroxylation is 1. The van der Waals surface area contributed by atoms with Gasteiger partial charge in [-0.05, 0) is 98.4 Å². The van der Waals surface area contributed by atoms with E-state index in [1.807, 2.05) is 30.5 Å². The van der Waals surface area contributed by atoms with Crippen LogP contribution in [0.4, 0.5) is 10.1 Å². The molecule has 0 saturated heterocycles. The molecule has 8 heteroatoms. The molecule has 1 aromatic heterocycles. The highest BCUT2D eigenvalue weighted by Crippen LogP contribution is 2.52. The van der Waals surface area contributed by atoms with Gasteiger partial charge < -0.3 is 15.2 Å². The Morgan fingerprint density at radius 1 is 1.21 bits per heavy atom. The zero-order valence-corrected chi connectivity index (χ0v) is 25.1. The number of pyridine rings is 1. The third-order valence-electron chi connectivity index (χ3n) is 9.72. The number of hydrogen-bond donors (Lipinski definition) is 2. The molecule has 1 spiro atoms. The topological polar surface area (TPSA) is 74.7 Å². The standard InChI is InChI=1S/C34H39ClFN3O3/c1-22(21-42-30-11-16-37-29-8-3-5-23(2)31(29)30)19-39-20-24-17-26(36)9-10-28(24)34(39)14-12-33(13-15-34,32(40)41)38-27-7-4-6-25(35)18-27/h4,6-7,9-11,16-18,22-23,38H,3,5,8,12-15,19-21H2,1-2H3,(H,40,41)/t22-,23-,33?,34?/m1/s1. The summed E-state index contributed by atoms with van der Waals surface area (Å²) < 4.78 is 20.8. The summed E-state index contributed by atoms with van der Waals surface area (Å²) in [5.41, 5.74) is 3.77. The lowest BCUT2D eigenvalue weighted by Gasteiger charge is -2.48. The van der Waals surface area contributed by atoms with Crippen molar-refractivity contribution >= 4 is 23.3 Å². The number of rotatable bonds is 8. The molecular weight excluding hydrogens is 553 g/mol. The van der Waals surface area contributed by atoms with Crippen LogP contribution in [0.15, 0.2) is 54.7 Å². The van der Waals surface area contributed by atoms with Crippen molar-refractivity contribution in [3.05, 3.63) is 88.0 Å². The third kappa shape index (κ3) is 5.37. The maximum Gasteiger partial charge on any atom is 0.329 e. The van der Waals surface area contributed by atoms with Gasteiger partial charge in [0.05, 0.1) is 6.61 Å². The number of benzene rings is 2. The molecule has 3 aliphatic rings. The van der Waals surface area contributed by atoms with Crippen molar-refractivity contribution in [2.75, 3.05) is 18.5 Å². The van der Waals surface area contributed by atoms with Gasteiger partial charge in [-0.2, -0.15) is 0 Å². The first-order chi connectivity index (χ1) is 20.2. The number of carboxylic acid groups (broad SMARTS) is 1. The number of nitrogens with one attached hydrogen (secondary N) is 1. The number of aromatic nitrogens is 1. The van der Waals surface area contributed by atoms with E-state index in [-0.39, 0.29) is 17.3 Å². The van der Waals surface area contributed by atoms with Crippen LogP contribution in [0.2, 0.25) is 5.02 Å². The number of anilines is 1. The predicted molar refractivity (Wildman–Crippen MR) is 163 cm³/mol. The molecule has 2 aromatic carbocycles. The van der Waals surface area contributed by atoms with Crippen LogP contribution in [-0.4, -0.2) is 39.7 Å². The van der Waals surface area contributed by atoms with E-state index < -0.39 is 11.5 Å². The van der Waals surface area contributed by atoms with Crippen molar-refractivity contribution in [2.45, 2.75) is 82.3 Å². The monoisotopic (exact) mass is 591 g/mol. The first-order valence-electron chi connectivity index (χ1n) is 15.1. The second-order valence-corrected chi connectivity index (χ2v) is 13.1. The molecule has 2 N–H and O–H groups in total. The van der Waals surface area contributed by atoms with Crippen molar-refractivity contribution in [1.29, 1.82) is 0 Å². The average molecular weight is 592 g/mol. The largest absolute Gasteiger partial charge is 0.493 e. The fourth-order valence-electron chi connectivity index (χ4n) is 7.55. The van der Waals surface area contributed by atoms with Crippen LogP contribution in [0, 0.1) is 11.7 Å². The first-order valence-corrected chi connectivity index (χ1v) is 15.5. The van der Waals surface area contributed by atoms with Gasteiger partial charge >= 0.3 is 5.97 Å². The Kier molecular flexibility index (Phi) is 7.92. The van der Waals surface area contributed by atoms with Gasteiger partial charge in [0.1, 0.15) is 17.1 Å². The van der Waals surface area contributed by atoms with E-state index in [9.17, 15) is 14.3 Å². The Morgan fingerprint density at radius 2 is 2.02 bits per heavy atom. The molecule has 1 aliphatic heterocycles. The molecule has 222 valence electrons. The number of ether oxygens (including phenoxy) is 1. The Labute approximate surface area is 252 Å². The highest BCUT2D eigenvalue weighted by molar-refractivity contribution is 6.30. The summed E-state index contributed by atoms with van der Waals surface area (Å²) in [4.78, 5) is 19.7. The fourth-order valence-corrected chi connectivity index (χ4v) is 7.74. The number of fused-ring (bicyclic) bond motifs is 3. The molecule has 42 heavy (non-hydrogen) atoms. The molecule has 6 nitrogen and oxygen atoms in total. The molecule has 3 aromatic rings. The van der Waals surface area contributed by atoms with Crippen LogP contribution in [0.25, 0.3) is 0 Å². The molecule has 1 saturated carbocycles. The van der Waals surface area contributed by atoms with Gasteiger partial charge in [0, 0.05) is 52.7 Å². The van der Waals surface area contributed by atoms with Gasteiger partial charge in [-0.25, -0.2) is 9.18 Å². The smallest absolute Gasteiger partial charge is 0.329 e. The second kappa shape index (κ2) is 11.5. The van der Waals surface area contributed by atoms with Gasteiger partial charge in [0.15, 0.2) is 0 Å². The number of nitrogens with zero attached hydrogens (tertiary/aromatic N) is 2. The van der Waals surface area contributed by atoms with E-state index in [1.165, 1.54) is 11.6 Å². The number of halogens is 2. The first kappa shape index (κ1) is 28.9. The van der Waals surface area contributed by atoms with E-state index in [2.05, 4.69) is 29.0 Å². The molecule has 2 atom stereocenters. The highest BCUT2D eigenvalue weighted by atomic mass is 35.5. The molecule has 2 heterocycles. The van der Waals surface area contributed by atoms with E-state index in [1.54, 1.807) is 18.2 Å². The van der Waals surface area contributed by atoms with E-state index >= 15 is 0 Å². The minimum atomic E-state index is -1.10. The van der Waals surface area contributed by atoms with Crippen LogP contribution in [0.1, 0.15) is 80.7 Å². The molecule has 0 amide bonds. The predicted octanol–water partition coefficient (Wildman–Crippen LogP) is 7.55. The Balaban J connectivity index is 1.21. The van der Waals surface area contributed by atoms with Gasteiger partial charge in [-0.3, -0.25) is 9.88 Å². The number of carboxylic acids is 1. The SMILES string of the molecule is C[C@@H](COc1ccnc2c1[C@H](C)CCC2)CN1Cc2cc(F)ccc2C12CCC(Nc1cccc(Cl)c1)(C(=O)O)CC2. The zero-order valence-electron chi connectivity index (χ0n) is 24.3. The Hall–Kier alpha value is -3.16. The van der Waals surface area contributed by atoms with Crippen molar-refractivity contribution < 1.29 is 19.0 Å². The summed E-state index contributed by atoms with van der Waals surface area (Å²) in [5.74, 6) is 0.488. The molecule has 0 radical (unpaired) electrons. The Morgan fingerprint density at radius 3 is 2.79 bits per heavy atom. The van der Waals surface area contributed by atoms with Crippen molar-refractivity contribution in [3.8, 4) is 5.75 Å². The summed E-state index contributed by atoms with van der Waals surface area (Å²) in [6, 6.07) is 14.3. The quantitative estimate of drug-likeness (QED) is 0.282. The second-order valence-electron chi connectivity index (χ2n) is 12.6. The lowest BCUT2D eigenvalue weighted by atomic mass is 9.69. The number of hydrogen-bond acceptors (Lipinski definition) is 5. The minimum absolute atomic E-state index is 0.208. The van der Waals surface area contributed by atoms with Crippen molar-refractivity contribution in [3.63, 3.8) is 0 Å². The lowest BCUT2D eigenvalue weighted by Crippen LogP contribution is -2.55. The van der Waals surface area contributed by atoms with Crippen molar-refractivity contribution in [2.24, 2.45) is 5.92 Å². The van der Waals surface area contributed by atoms with E-state index in [0.29, 0.717) is 55.5 Å². The summed E-state index contributed by atoms with van der Waals surface area (Å²) in [7, 11) is 0. The molecular formula is C34H39ClFN3O3. The van der Waals surface area contributed by atoms with Crippen LogP contribution in [-0.2, 0) is 23.3 Å². The van der Waals surface area contributed by atoms with Crippen LogP contribution < -0.4 is 10.1 Å². The summed E-state index contributed by atoms with van der Waals surface area (Å²) in [6.07, 6.45) is 7.34. The molecule has 1 fully saturated rings. The molecule has 0 bridgehead atoms. The van der Waals surface area contributed by atoms with Gasteiger partial charge in [0.25, 0.3) is 0 Å². The van der Waals surface area contributed by atoms with Crippen LogP contribution in [0.5, 0.6) is 5.75 Å². The average Bonchev–Trinajstić information content (AvgIpc) is 3.24. The summed E-state index contributed by atoms with van der Waals surface area (Å²) in [6.45, 7) is 6.42. The Bertz CT molecular complexity index is 1470. The maximum absolute atomic E-state index is 14.3. The van der Waals surface area contributed by atoms with Crippen LogP contribution >= 0.6 is 11.6 Å². The third-order valence-corrected chi connectivity index (χ3v) is 9.95. The van der Waals surface area contributed by atoms with E-state index in [4.69, 9.17) is 16.3 Å². The zero-order chi connectivity index (χ0) is 29.5. The number of carbonyl (C=O) groups is 1. The van der Waals surface area contributed by atoms with Gasteiger partial charge in [-0.15, -0.1) is 0 Å². The fraction of sp³-hybridized carbons (Fsp3) is 0.471. The maximum atomic E-state index is 14.3. The van der Waals surface area contributed by atoms with Gasteiger partial charge in [0.2, 0.25) is 0 Å². The summed E-state index contributed by atoms with van der Waals surface area (Å²) >= 11 is 6.19. The lowest BCUT2D eigenvalue weighted by molar-refractivity contribution is -0.145. The molecule has 6 rings (SSSR count). The number of aliphatic carboxylic acids is 1. The summed E-state index contributed by atoms with van der Waals surface area (Å²) in [5, 5.41) is 14.3.